The highest BCUT2D eigenvalue weighted by atomic mass is 32.1. The molecule has 0 fully saturated rings. The summed E-state index contributed by atoms with van der Waals surface area (Å²) in [5.74, 6) is 0.287. The summed E-state index contributed by atoms with van der Waals surface area (Å²) in [5.41, 5.74) is 5.40. The molecule has 0 aliphatic heterocycles. The highest BCUT2D eigenvalue weighted by Gasteiger charge is 2.05. The molecular weight excluding hydrogens is 149 g/mol. The van der Waals surface area contributed by atoms with Crippen molar-refractivity contribution in [3.05, 3.63) is 22.1 Å². The number of thiophene rings is 1. The molecule has 0 spiro atoms. The predicted octanol–water partition coefficient (Wildman–Crippen LogP) is 1.95. The first-order valence-electron chi connectivity index (χ1n) is 3.19. The van der Waals surface area contributed by atoms with Crippen molar-refractivity contribution in [3.63, 3.8) is 0 Å². The molecule has 56 valence electrons. The SMILES string of the molecule is CC(CN)c1ccc(F)s1. The third kappa shape index (κ3) is 1.55. The zero-order chi connectivity index (χ0) is 7.56. The molecule has 1 atom stereocenters. The van der Waals surface area contributed by atoms with E-state index in [1.807, 2.05) is 6.92 Å². The molecule has 1 rings (SSSR count). The monoisotopic (exact) mass is 159 g/mol. The standard InChI is InChI=1S/C7H10FNS/c1-5(4-9)6-2-3-7(8)10-6/h2-3,5H,4,9H2,1H3. The van der Waals surface area contributed by atoms with Crippen LogP contribution < -0.4 is 5.73 Å². The fourth-order valence-electron chi connectivity index (χ4n) is 0.709. The van der Waals surface area contributed by atoms with Gasteiger partial charge in [0.2, 0.25) is 0 Å². The van der Waals surface area contributed by atoms with Gasteiger partial charge in [-0.3, -0.25) is 0 Å². The van der Waals surface area contributed by atoms with Crippen LogP contribution in [0.5, 0.6) is 0 Å². The van der Waals surface area contributed by atoms with E-state index in [0.29, 0.717) is 6.54 Å². The summed E-state index contributed by atoms with van der Waals surface area (Å²) in [5, 5.41) is -0.129. The fraction of sp³-hybridized carbons (Fsp3) is 0.429. The molecule has 0 aliphatic carbocycles. The van der Waals surface area contributed by atoms with Crippen LogP contribution in [0.1, 0.15) is 17.7 Å². The summed E-state index contributed by atoms with van der Waals surface area (Å²) in [6.07, 6.45) is 0. The number of halogens is 1. The minimum Gasteiger partial charge on any atom is -0.330 e. The van der Waals surface area contributed by atoms with Gasteiger partial charge in [0.15, 0.2) is 5.13 Å². The summed E-state index contributed by atoms with van der Waals surface area (Å²) < 4.78 is 12.4. The van der Waals surface area contributed by atoms with Gasteiger partial charge in [0.05, 0.1) is 0 Å². The minimum absolute atomic E-state index is 0.129. The number of hydrogen-bond acceptors (Lipinski definition) is 2. The zero-order valence-electron chi connectivity index (χ0n) is 5.80. The highest BCUT2D eigenvalue weighted by molar-refractivity contribution is 7.10. The molecule has 0 aromatic carbocycles. The molecule has 0 saturated heterocycles. The molecule has 3 heteroatoms. The van der Waals surface area contributed by atoms with Crippen molar-refractivity contribution in [2.45, 2.75) is 12.8 Å². The molecule has 1 aromatic heterocycles. The second kappa shape index (κ2) is 3.12. The molecule has 10 heavy (non-hydrogen) atoms. The van der Waals surface area contributed by atoms with Crippen molar-refractivity contribution in [1.82, 2.24) is 0 Å². The highest BCUT2D eigenvalue weighted by Crippen LogP contribution is 2.22. The Morgan fingerprint density at radius 3 is 2.80 bits per heavy atom. The minimum atomic E-state index is -0.129. The molecule has 1 nitrogen and oxygen atoms in total. The Kier molecular flexibility index (Phi) is 2.40. The van der Waals surface area contributed by atoms with E-state index in [9.17, 15) is 4.39 Å². The maximum absolute atomic E-state index is 12.4. The average molecular weight is 159 g/mol. The van der Waals surface area contributed by atoms with Crippen molar-refractivity contribution in [2.75, 3.05) is 6.54 Å². The summed E-state index contributed by atoms with van der Waals surface area (Å²) in [4.78, 5) is 1.03. The summed E-state index contributed by atoms with van der Waals surface area (Å²) in [6.45, 7) is 2.57. The predicted molar refractivity (Wildman–Crippen MR) is 41.7 cm³/mol. The van der Waals surface area contributed by atoms with Crippen LogP contribution in [0.2, 0.25) is 0 Å². The Balaban J connectivity index is 2.74. The van der Waals surface area contributed by atoms with Gasteiger partial charge in [0.1, 0.15) is 0 Å². The average Bonchev–Trinajstić information content (AvgIpc) is 2.34. The van der Waals surface area contributed by atoms with Crippen LogP contribution in [0.25, 0.3) is 0 Å². The topological polar surface area (TPSA) is 26.0 Å². The molecule has 0 aliphatic rings. The van der Waals surface area contributed by atoms with Crippen LogP contribution in [0.4, 0.5) is 4.39 Å². The van der Waals surface area contributed by atoms with Gasteiger partial charge in [0.25, 0.3) is 0 Å². The molecule has 2 N–H and O–H groups in total. The molecule has 0 bridgehead atoms. The van der Waals surface area contributed by atoms with Crippen LogP contribution in [-0.2, 0) is 0 Å². The summed E-state index contributed by atoms with van der Waals surface area (Å²) in [6, 6.07) is 3.27. The van der Waals surface area contributed by atoms with Gasteiger partial charge >= 0.3 is 0 Å². The van der Waals surface area contributed by atoms with Crippen molar-refractivity contribution < 1.29 is 4.39 Å². The molecule has 0 saturated carbocycles. The Bertz CT molecular complexity index is 209. The lowest BCUT2D eigenvalue weighted by molar-refractivity contribution is 0.657. The van der Waals surface area contributed by atoms with Gasteiger partial charge in [-0.05, 0) is 18.7 Å². The van der Waals surface area contributed by atoms with Gasteiger partial charge in [0, 0.05) is 10.8 Å². The molecule has 1 unspecified atom stereocenters. The van der Waals surface area contributed by atoms with E-state index >= 15 is 0 Å². The molecule has 1 heterocycles. The number of rotatable bonds is 2. The van der Waals surface area contributed by atoms with E-state index < -0.39 is 0 Å². The molecular formula is C7H10FNS. The third-order valence-electron chi connectivity index (χ3n) is 1.43. The summed E-state index contributed by atoms with van der Waals surface area (Å²) >= 11 is 1.17. The van der Waals surface area contributed by atoms with Crippen LogP contribution >= 0.6 is 11.3 Å². The molecule has 0 radical (unpaired) electrons. The van der Waals surface area contributed by atoms with Gasteiger partial charge in [-0.1, -0.05) is 6.92 Å². The maximum atomic E-state index is 12.4. The van der Waals surface area contributed by atoms with Crippen molar-refractivity contribution in [3.8, 4) is 0 Å². The van der Waals surface area contributed by atoms with E-state index in [4.69, 9.17) is 5.73 Å². The van der Waals surface area contributed by atoms with Gasteiger partial charge in [-0.15, -0.1) is 11.3 Å². The van der Waals surface area contributed by atoms with E-state index in [-0.39, 0.29) is 11.0 Å². The smallest absolute Gasteiger partial charge is 0.176 e. The van der Waals surface area contributed by atoms with Crippen molar-refractivity contribution in [2.24, 2.45) is 5.73 Å². The van der Waals surface area contributed by atoms with Gasteiger partial charge < -0.3 is 5.73 Å². The van der Waals surface area contributed by atoms with Gasteiger partial charge in [-0.2, -0.15) is 4.39 Å². The normalized spacial score (nSPS) is 13.5. The quantitative estimate of drug-likeness (QED) is 0.701. The Morgan fingerprint density at radius 1 is 1.70 bits per heavy atom. The first kappa shape index (κ1) is 7.69. The first-order chi connectivity index (χ1) is 4.74. The Hall–Kier alpha value is -0.410. The maximum Gasteiger partial charge on any atom is 0.176 e. The second-order valence-corrected chi connectivity index (χ2v) is 3.34. The van der Waals surface area contributed by atoms with E-state index in [0.717, 1.165) is 4.88 Å². The van der Waals surface area contributed by atoms with Gasteiger partial charge in [-0.25, -0.2) is 0 Å². The fourth-order valence-corrected chi connectivity index (χ4v) is 1.50. The van der Waals surface area contributed by atoms with Crippen molar-refractivity contribution >= 4 is 11.3 Å². The lowest BCUT2D eigenvalue weighted by Gasteiger charge is -2.02. The number of nitrogens with two attached hydrogens (primary N) is 1. The number of hydrogen-bond donors (Lipinski definition) is 1. The van der Waals surface area contributed by atoms with Crippen LogP contribution in [0.3, 0.4) is 0 Å². The zero-order valence-corrected chi connectivity index (χ0v) is 6.62. The lowest BCUT2D eigenvalue weighted by atomic mass is 10.1. The van der Waals surface area contributed by atoms with E-state index in [1.165, 1.54) is 17.4 Å². The van der Waals surface area contributed by atoms with Crippen LogP contribution in [0.15, 0.2) is 12.1 Å². The van der Waals surface area contributed by atoms with E-state index in [2.05, 4.69) is 0 Å². The van der Waals surface area contributed by atoms with Crippen LogP contribution in [0, 0.1) is 5.13 Å². The molecule has 0 amide bonds. The lowest BCUT2D eigenvalue weighted by Crippen LogP contribution is -2.06. The van der Waals surface area contributed by atoms with E-state index in [1.54, 1.807) is 6.07 Å². The van der Waals surface area contributed by atoms with Crippen LogP contribution in [-0.4, -0.2) is 6.54 Å². The van der Waals surface area contributed by atoms with Crippen molar-refractivity contribution in [1.29, 1.82) is 0 Å². The second-order valence-electron chi connectivity index (χ2n) is 2.28. The third-order valence-corrected chi connectivity index (χ3v) is 2.54. The Morgan fingerprint density at radius 2 is 2.40 bits per heavy atom. The Labute approximate surface area is 63.7 Å². The largest absolute Gasteiger partial charge is 0.330 e. The summed E-state index contributed by atoms with van der Waals surface area (Å²) in [7, 11) is 0. The first-order valence-corrected chi connectivity index (χ1v) is 4.01. The molecule has 1 aromatic rings.